The van der Waals surface area contributed by atoms with Gasteiger partial charge in [-0.05, 0) is 42.2 Å². The lowest BCUT2D eigenvalue weighted by Crippen LogP contribution is -2.25. The zero-order valence-corrected chi connectivity index (χ0v) is 13.2. The minimum Gasteiger partial charge on any atom is -0.489 e. The van der Waals surface area contributed by atoms with Crippen molar-refractivity contribution < 1.29 is 9.53 Å². The normalized spacial score (nSPS) is 10.5. The lowest BCUT2D eigenvalue weighted by atomic mass is 10.1. The average molecular weight is 297 g/mol. The fourth-order valence-electron chi connectivity index (χ4n) is 2.01. The van der Waals surface area contributed by atoms with Gasteiger partial charge in [-0.15, -0.1) is 0 Å². The van der Waals surface area contributed by atoms with Crippen LogP contribution in [0.25, 0.3) is 0 Å². The van der Waals surface area contributed by atoms with E-state index in [1.54, 1.807) is 0 Å². The van der Waals surface area contributed by atoms with Crippen LogP contribution in [0.15, 0.2) is 54.6 Å². The third kappa shape index (κ3) is 5.24. The number of hydrogen-bond donors (Lipinski definition) is 1. The molecule has 2 rings (SSSR count). The maximum absolute atomic E-state index is 12.0. The minimum atomic E-state index is -0.0174. The van der Waals surface area contributed by atoms with Gasteiger partial charge in [0, 0.05) is 12.1 Å². The summed E-state index contributed by atoms with van der Waals surface area (Å²) in [5, 5.41) is 2.94. The first kappa shape index (κ1) is 16.1. The van der Waals surface area contributed by atoms with Gasteiger partial charge < -0.3 is 10.1 Å². The number of carbonyl (C=O) groups is 1. The van der Waals surface area contributed by atoms with E-state index in [-0.39, 0.29) is 5.91 Å². The molecule has 0 aliphatic carbocycles. The lowest BCUT2D eigenvalue weighted by Gasteiger charge is -2.09. The second-order valence-corrected chi connectivity index (χ2v) is 5.74. The van der Waals surface area contributed by atoms with Gasteiger partial charge in [0.2, 0.25) is 0 Å². The molecular formula is C19H23NO2. The average Bonchev–Trinajstić information content (AvgIpc) is 2.54. The molecule has 1 amide bonds. The van der Waals surface area contributed by atoms with Crippen molar-refractivity contribution in [3.8, 4) is 5.75 Å². The molecule has 0 aromatic heterocycles. The zero-order valence-electron chi connectivity index (χ0n) is 13.2. The Morgan fingerprint density at radius 1 is 1.05 bits per heavy atom. The summed E-state index contributed by atoms with van der Waals surface area (Å²) in [7, 11) is 0. The quantitative estimate of drug-likeness (QED) is 0.837. The monoisotopic (exact) mass is 297 g/mol. The SMILES string of the molecule is CC(C)CCNC(=O)c1ccc(COc2ccccc2)cc1. The highest BCUT2D eigenvalue weighted by molar-refractivity contribution is 5.94. The Balaban J connectivity index is 1.83. The van der Waals surface area contributed by atoms with Crippen molar-refractivity contribution >= 4 is 5.91 Å². The van der Waals surface area contributed by atoms with Gasteiger partial charge in [-0.3, -0.25) is 4.79 Å². The molecule has 0 unspecified atom stereocenters. The van der Waals surface area contributed by atoms with Crippen LogP contribution in [0.4, 0.5) is 0 Å². The molecule has 3 heteroatoms. The maximum Gasteiger partial charge on any atom is 0.251 e. The van der Waals surface area contributed by atoms with E-state index in [9.17, 15) is 4.79 Å². The topological polar surface area (TPSA) is 38.3 Å². The highest BCUT2D eigenvalue weighted by Gasteiger charge is 2.05. The van der Waals surface area contributed by atoms with Crippen LogP contribution in [0, 0.1) is 5.92 Å². The molecule has 0 fully saturated rings. The summed E-state index contributed by atoms with van der Waals surface area (Å²) in [5.41, 5.74) is 1.73. The van der Waals surface area contributed by atoms with E-state index in [4.69, 9.17) is 4.74 Å². The number of para-hydroxylation sites is 1. The standard InChI is InChI=1S/C19H23NO2/c1-15(2)12-13-20-19(21)17-10-8-16(9-11-17)14-22-18-6-4-3-5-7-18/h3-11,15H,12-14H2,1-2H3,(H,20,21). The van der Waals surface area contributed by atoms with Crippen LogP contribution >= 0.6 is 0 Å². The summed E-state index contributed by atoms with van der Waals surface area (Å²) < 4.78 is 5.68. The number of rotatable bonds is 7. The molecule has 1 N–H and O–H groups in total. The predicted octanol–water partition coefficient (Wildman–Crippen LogP) is 4.04. The highest BCUT2D eigenvalue weighted by atomic mass is 16.5. The maximum atomic E-state index is 12.0. The van der Waals surface area contributed by atoms with Crippen molar-refractivity contribution in [1.82, 2.24) is 5.32 Å². The Kier molecular flexibility index (Phi) is 6.01. The van der Waals surface area contributed by atoms with Gasteiger partial charge in [-0.25, -0.2) is 0 Å². The van der Waals surface area contributed by atoms with Crippen LogP contribution < -0.4 is 10.1 Å². The molecule has 0 bridgehead atoms. The summed E-state index contributed by atoms with van der Waals surface area (Å²) in [4.78, 5) is 12.0. The number of nitrogens with one attached hydrogen (secondary N) is 1. The minimum absolute atomic E-state index is 0.0174. The molecule has 2 aromatic carbocycles. The molecule has 3 nitrogen and oxygen atoms in total. The third-order valence-electron chi connectivity index (χ3n) is 3.37. The lowest BCUT2D eigenvalue weighted by molar-refractivity contribution is 0.0952. The van der Waals surface area contributed by atoms with Crippen LogP contribution in [0.5, 0.6) is 5.75 Å². The molecule has 0 radical (unpaired) electrons. The first-order valence-electron chi connectivity index (χ1n) is 7.70. The smallest absolute Gasteiger partial charge is 0.251 e. The van der Waals surface area contributed by atoms with Crippen LogP contribution in [0.1, 0.15) is 36.2 Å². The van der Waals surface area contributed by atoms with Crippen molar-refractivity contribution in [2.24, 2.45) is 5.92 Å². The second kappa shape index (κ2) is 8.23. The summed E-state index contributed by atoms with van der Waals surface area (Å²) >= 11 is 0. The van der Waals surface area contributed by atoms with Gasteiger partial charge >= 0.3 is 0 Å². The largest absolute Gasteiger partial charge is 0.489 e. The summed E-state index contributed by atoms with van der Waals surface area (Å²) in [5.74, 6) is 1.42. The van der Waals surface area contributed by atoms with Crippen LogP contribution in [-0.2, 0) is 6.61 Å². The third-order valence-corrected chi connectivity index (χ3v) is 3.37. The summed E-state index contributed by atoms with van der Waals surface area (Å²) in [6, 6.07) is 17.2. The second-order valence-electron chi connectivity index (χ2n) is 5.74. The molecule has 0 spiro atoms. The number of carbonyl (C=O) groups excluding carboxylic acids is 1. The molecule has 0 heterocycles. The first-order chi connectivity index (χ1) is 10.6. The van der Waals surface area contributed by atoms with E-state index in [1.165, 1.54) is 0 Å². The van der Waals surface area contributed by atoms with Gasteiger partial charge in [0.1, 0.15) is 12.4 Å². The van der Waals surface area contributed by atoms with Gasteiger partial charge in [0.25, 0.3) is 5.91 Å². The Hall–Kier alpha value is -2.29. The number of benzene rings is 2. The number of ether oxygens (including phenoxy) is 1. The van der Waals surface area contributed by atoms with E-state index >= 15 is 0 Å². The van der Waals surface area contributed by atoms with Gasteiger partial charge in [0.05, 0.1) is 0 Å². The molecule has 0 saturated carbocycles. The first-order valence-corrected chi connectivity index (χ1v) is 7.70. The van der Waals surface area contributed by atoms with Crippen molar-refractivity contribution in [2.45, 2.75) is 26.9 Å². The zero-order chi connectivity index (χ0) is 15.8. The van der Waals surface area contributed by atoms with E-state index in [0.29, 0.717) is 18.1 Å². The molecule has 0 saturated heterocycles. The predicted molar refractivity (Wildman–Crippen MR) is 89.0 cm³/mol. The Morgan fingerprint density at radius 2 is 1.73 bits per heavy atom. The summed E-state index contributed by atoms with van der Waals surface area (Å²) in [6.45, 7) is 5.51. The van der Waals surface area contributed by atoms with Gasteiger partial charge in [0.15, 0.2) is 0 Å². The van der Waals surface area contributed by atoms with Crippen molar-refractivity contribution in [2.75, 3.05) is 6.54 Å². The van der Waals surface area contributed by atoms with Crippen molar-refractivity contribution in [3.05, 3.63) is 65.7 Å². The number of amides is 1. The molecular weight excluding hydrogens is 274 g/mol. The van der Waals surface area contributed by atoms with Crippen LogP contribution in [0.3, 0.4) is 0 Å². The van der Waals surface area contributed by atoms with Crippen molar-refractivity contribution in [1.29, 1.82) is 0 Å². The Bertz CT molecular complexity index is 576. The van der Waals surface area contributed by atoms with Crippen LogP contribution in [0.2, 0.25) is 0 Å². The van der Waals surface area contributed by atoms with Crippen LogP contribution in [-0.4, -0.2) is 12.5 Å². The summed E-state index contributed by atoms with van der Waals surface area (Å²) in [6.07, 6.45) is 0.995. The molecule has 0 atom stereocenters. The van der Waals surface area contributed by atoms with E-state index in [1.807, 2.05) is 54.6 Å². The number of hydrogen-bond acceptors (Lipinski definition) is 2. The van der Waals surface area contributed by atoms with E-state index < -0.39 is 0 Å². The molecule has 2 aromatic rings. The Morgan fingerprint density at radius 3 is 2.36 bits per heavy atom. The fraction of sp³-hybridized carbons (Fsp3) is 0.316. The van der Waals surface area contributed by atoms with E-state index in [0.717, 1.165) is 24.3 Å². The highest BCUT2D eigenvalue weighted by Crippen LogP contribution is 2.12. The van der Waals surface area contributed by atoms with Gasteiger partial charge in [-0.2, -0.15) is 0 Å². The fourth-order valence-corrected chi connectivity index (χ4v) is 2.01. The molecule has 0 aliphatic heterocycles. The van der Waals surface area contributed by atoms with E-state index in [2.05, 4.69) is 19.2 Å². The molecule has 116 valence electrons. The van der Waals surface area contributed by atoms with Gasteiger partial charge in [-0.1, -0.05) is 44.2 Å². The Labute approximate surface area is 132 Å². The molecule has 22 heavy (non-hydrogen) atoms. The van der Waals surface area contributed by atoms with Crippen molar-refractivity contribution in [3.63, 3.8) is 0 Å². The molecule has 0 aliphatic rings.